The molecule has 0 aromatic carbocycles. The first kappa shape index (κ1) is 3.67. The van der Waals surface area contributed by atoms with Crippen molar-refractivity contribution in [2.45, 2.75) is 5.03 Å². The Bertz CT molecular complexity index is 115. The molecule has 6 heavy (non-hydrogen) atoms. The lowest BCUT2D eigenvalue weighted by Crippen LogP contribution is -1.60. The highest BCUT2D eigenvalue weighted by Crippen LogP contribution is 1.93. The summed E-state index contributed by atoms with van der Waals surface area (Å²) in [6.45, 7) is 0. The monoisotopic (exact) mass is 102 g/mol. The van der Waals surface area contributed by atoms with Gasteiger partial charge in [-0.05, 0) is 0 Å². The van der Waals surface area contributed by atoms with Gasteiger partial charge >= 0.3 is 0 Å². The van der Waals surface area contributed by atoms with Crippen LogP contribution >= 0.6 is 12.6 Å². The molecule has 1 rings (SSSR count). The van der Waals surface area contributed by atoms with Crippen LogP contribution in [0.1, 0.15) is 0 Å². The van der Waals surface area contributed by atoms with Gasteiger partial charge in [-0.1, -0.05) is 0 Å². The maximum atomic E-state index is 4.28. The van der Waals surface area contributed by atoms with Crippen molar-refractivity contribution in [1.29, 1.82) is 0 Å². The van der Waals surface area contributed by atoms with E-state index in [2.05, 4.69) is 27.5 Å². The minimum Gasteiger partial charge on any atom is -0.344 e. The van der Waals surface area contributed by atoms with Crippen molar-refractivity contribution in [3.8, 4) is 0 Å². The maximum absolute atomic E-state index is 4.28. The molecule has 0 saturated heterocycles. The number of rotatable bonds is 0. The van der Waals surface area contributed by atoms with Gasteiger partial charge in [0, 0.05) is 5.27 Å². The summed E-state index contributed by atoms with van der Waals surface area (Å²) < 4.78 is 4.28. The predicted molar refractivity (Wildman–Crippen MR) is 21.5 cm³/mol. The number of hydrogen-bond acceptors (Lipinski definition) is 4. The van der Waals surface area contributed by atoms with Crippen molar-refractivity contribution in [3.05, 3.63) is 6.26 Å². The highest BCUT2D eigenvalue weighted by molar-refractivity contribution is 7.80. The van der Waals surface area contributed by atoms with Crippen molar-refractivity contribution >= 4 is 12.6 Å². The molecular weight excluding hydrogens is 100 g/mol. The van der Waals surface area contributed by atoms with Crippen molar-refractivity contribution in [3.63, 3.8) is 0 Å². The number of nitrogens with zero attached hydrogens (tertiary/aromatic N) is 2. The quantitative estimate of drug-likeness (QED) is 0.480. The smallest absolute Gasteiger partial charge is 0.158 e. The van der Waals surface area contributed by atoms with Crippen molar-refractivity contribution in [2.24, 2.45) is 0 Å². The normalized spacial score (nSPS) is 8.83. The van der Waals surface area contributed by atoms with Crippen LogP contribution in [0.2, 0.25) is 0 Å². The van der Waals surface area contributed by atoms with Gasteiger partial charge in [0.15, 0.2) is 11.3 Å². The molecule has 1 aromatic rings. The Balaban J connectivity index is 3.05. The molecule has 32 valence electrons. The molecule has 0 spiro atoms. The van der Waals surface area contributed by atoms with Crippen LogP contribution in [0.3, 0.4) is 0 Å². The molecule has 0 radical (unpaired) electrons. The Morgan fingerprint density at radius 1 is 1.83 bits per heavy atom. The zero-order chi connectivity index (χ0) is 4.41. The second-order valence-corrected chi connectivity index (χ2v) is 1.22. The molecule has 3 nitrogen and oxygen atoms in total. The summed E-state index contributed by atoms with van der Waals surface area (Å²) in [6.07, 6.45) is 1.35. The van der Waals surface area contributed by atoms with Crippen LogP contribution < -0.4 is 0 Å². The van der Waals surface area contributed by atoms with E-state index in [1.54, 1.807) is 0 Å². The minimum absolute atomic E-state index is 0.509. The fourth-order valence-corrected chi connectivity index (χ4v) is 0.243. The molecule has 0 atom stereocenters. The third kappa shape index (κ3) is 0.514. The summed E-state index contributed by atoms with van der Waals surface area (Å²) in [5, 5.41) is 6.99. The van der Waals surface area contributed by atoms with Gasteiger partial charge in [0.25, 0.3) is 0 Å². The third-order valence-corrected chi connectivity index (χ3v) is 0.543. The van der Waals surface area contributed by atoms with Crippen LogP contribution in [0.5, 0.6) is 0 Å². The Kier molecular flexibility index (Phi) is 0.795. The first-order valence-electron chi connectivity index (χ1n) is 1.35. The first-order valence-corrected chi connectivity index (χ1v) is 1.80. The van der Waals surface area contributed by atoms with E-state index in [1.165, 1.54) is 6.26 Å². The molecule has 4 heteroatoms. The van der Waals surface area contributed by atoms with Crippen LogP contribution in [0, 0.1) is 0 Å². The van der Waals surface area contributed by atoms with Gasteiger partial charge in [0.1, 0.15) is 0 Å². The fourth-order valence-electron chi connectivity index (χ4n) is 0.160. The van der Waals surface area contributed by atoms with Crippen LogP contribution in [0.15, 0.2) is 15.8 Å². The molecular formula is C2H2N2OS. The molecule has 0 amide bonds. The predicted octanol–water partition coefficient (Wildman–Crippen LogP) is 0.358. The zero-order valence-corrected chi connectivity index (χ0v) is 3.72. The van der Waals surface area contributed by atoms with Crippen molar-refractivity contribution in [1.82, 2.24) is 10.4 Å². The van der Waals surface area contributed by atoms with Gasteiger partial charge in [-0.3, -0.25) is 0 Å². The Labute approximate surface area is 39.7 Å². The average Bonchev–Trinajstić information content (AvgIpc) is 1.86. The summed E-state index contributed by atoms with van der Waals surface area (Å²) in [6, 6.07) is 0. The molecule has 0 N–H and O–H groups in total. The van der Waals surface area contributed by atoms with Crippen molar-refractivity contribution < 1.29 is 4.52 Å². The summed E-state index contributed by atoms with van der Waals surface area (Å²) in [7, 11) is 0. The summed E-state index contributed by atoms with van der Waals surface area (Å²) >= 11 is 3.77. The highest BCUT2D eigenvalue weighted by atomic mass is 32.1. The largest absolute Gasteiger partial charge is 0.344 e. The fraction of sp³-hybridized carbons (Fsp3) is 0. The van der Waals surface area contributed by atoms with Crippen LogP contribution in [0.25, 0.3) is 0 Å². The summed E-state index contributed by atoms with van der Waals surface area (Å²) in [4.78, 5) is 0. The lowest BCUT2D eigenvalue weighted by atomic mass is 11.0. The molecule has 0 saturated carbocycles. The second kappa shape index (κ2) is 1.30. The lowest BCUT2D eigenvalue weighted by molar-refractivity contribution is 0.392. The topological polar surface area (TPSA) is 38.9 Å². The van der Waals surface area contributed by atoms with E-state index in [0.717, 1.165) is 0 Å². The molecule has 1 heterocycles. The van der Waals surface area contributed by atoms with Gasteiger partial charge in [0.2, 0.25) is 0 Å². The van der Waals surface area contributed by atoms with Gasteiger partial charge in [-0.15, -0.1) is 17.7 Å². The van der Waals surface area contributed by atoms with Gasteiger partial charge in [-0.2, -0.15) is 0 Å². The van der Waals surface area contributed by atoms with E-state index in [4.69, 9.17) is 0 Å². The summed E-state index contributed by atoms with van der Waals surface area (Å²) in [5.74, 6) is 0. The first-order chi connectivity index (χ1) is 2.89. The van der Waals surface area contributed by atoms with E-state index in [1.807, 2.05) is 0 Å². The zero-order valence-electron chi connectivity index (χ0n) is 2.83. The molecule has 0 aliphatic rings. The average molecular weight is 102 g/mol. The number of hydrogen-bond donors (Lipinski definition) is 1. The SMILES string of the molecule is Sc1conn1. The van der Waals surface area contributed by atoms with Gasteiger partial charge < -0.3 is 4.52 Å². The van der Waals surface area contributed by atoms with Crippen molar-refractivity contribution in [2.75, 3.05) is 0 Å². The van der Waals surface area contributed by atoms with E-state index in [-0.39, 0.29) is 0 Å². The van der Waals surface area contributed by atoms with E-state index >= 15 is 0 Å². The second-order valence-electron chi connectivity index (χ2n) is 0.763. The van der Waals surface area contributed by atoms with Crippen LogP contribution in [-0.2, 0) is 0 Å². The Hall–Kier alpha value is -0.510. The van der Waals surface area contributed by atoms with Crippen LogP contribution in [-0.4, -0.2) is 10.4 Å². The molecule has 0 unspecified atom stereocenters. The van der Waals surface area contributed by atoms with Crippen LogP contribution in [0.4, 0.5) is 0 Å². The molecule has 1 aromatic heterocycles. The number of thiol groups is 1. The minimum atomic E-state index is 0.509. The Morgan fingerprint density at radius 2 is 2.67 bits per heavy atom. The number of aromatic nitrogens is 2. The third-order valence-electron chi connectivity index (χ3n) is 0.349. The maximum Gasteiger partial charge on any atom is 0.158 e. The van der Waals surface area contributed by atoms with E-state index in [0.29, 0.717) is 5.03 Å². The highest BCUT2D eigenvalue weighted by Gasteiger charge is 1.81. The van der Waals surface area contributed by atoms with E-state index in [9.17, 15) is 0 Å². The molecule has 0 bridgehead atoms. The summed E-state index contributed by atoms with van der Waals surface area (Å²) in [5.41, 5.74) is 0. The molecule has 0 fully saturated rings. The lowest BCUT2D eigenvalue weighted by Gasteiger charge is -1.57. The van der Waals surface area contributed by atoms with Gasteiger partial charge in [-0.25, -0.2) is 0 Å². The van der Waals surface area contributed by atoms with E-state index < -0.39 is 0 Å². The van der Waals surface area contributed by atoms with Gasteiger partial charge in [0.05, 0.1) is 0 Å². The molecule has 0 aliphatic carbocycles. The molecule has 0 aliphatic heterocycles. The Morgan fingerprint density at radius 3 is 2.83 bits per heavy atom. The standard InChI is InChI=1S/C2H2N2OS/c6-2-1-5-4-3-2/h1,6H.